The summed E-state index contributed by atoms with van der Waals surface area (Å²) in [6.45, 7) is 0. The van der Waals surface area contributed by atoms with E-state index < -0.39 is 9.05 Å². The molecule has 0 rings (SSSR count). The molecule has 0 aliphatic carbocycles. The molecule has 0 spiro atoms. The second-order valence-corrected chi connectivity index (χ2v) is 1.80. The van der Waals surface area contributed by atoms with Gasteiger partial charge in [0.1, 0.15) is 0 Å². The molecule has 1 radical (unpaired) electrons. The van der Waals surface area contributed by atoms with Crippen LogP contribution in [0.2, 0.25) is 0 Å². The van der Waals surface area contributed by atoms with E-state index in [0.717, 1.165) is 0 Å². The largest absolute Gasteiger partial charge is 0.316 e. The molecule has 0 unspecified atom stereocenters. The van der Waals surface area contributed by atoms with Gasteiger partial charge in [-0.3, -0.25) is 0 Å². The van der Waals surface area contributed by atoms with Gasteiger partial charge in [-0.05, 0) is 0 Å². The summed E-state index contributed by atoms with van der Waals surface area (Å²) in [6, 6.07) is 0. The standard InChI is InChI=1S/Li.Mg.Mn.H4O4Si.3H/c;;;1-5(2,3)4;;;/h;;;1-4H;;;. The molecule has 0 aromatic heterocycles. The fraction of sp³-hybridized carbons (Fsp3) is 0. The molecule has 0 aliphatic heterocycles. The van der Waals surface area contributed by atoms with Crippen LogP contribution >= 0.6 is 0 Å². The molecule has 0 bridgehead atoms. The first-order valence-electron chi connectivity index (χ1n) is 0.894. The molecule has 0 saturated carbocycles. The fourth-order valence-electron chi connectivity index (χ4n) is 0. The first-order valence-corrected chi connectivity index (χ1v) is 2.68. The van der Waals surface area contributed by atoms with Crippen molar-refractivity contribution in [2.45, 2.75) is 0 Å². The van der Waals surface area contributed by atoms with Crippen LogP contribution in [0.5, 0.6) is 0 Å². The second-order valence-electron chi connectivity index (χ2n) is 0.600. The summed E-state index contributed by atoms with van der Waals surface area (Å²) in [4.78, 5) is 29.3. The van der Waals surface area contributed by atoms with E-state index in [1.807, 2.05) is 0 Å². The number of hydrogen-bond donors (Lipinski definition) is 4. The smallest absolute Gasteiger partial charge is 0 e. The zero-order valence-corrected chi connectivity index (χ0v) is 4.85. The molecule has 0 aromatic carbocycles. The summed E-state index contributed by atoms with van der Waals surface area (Å²) in [5, 5.41) is 0. The Bertz CT molecular complexity index is 31.5. The van der Waals surface area contributed by atoms with Crippen LogP contribution in [0, 0.1) is 0 Å². The van der Waals surface area contributed by atoms with Gasteiger partial charge in [-0.15, -0.1) is 0 Å². The second kappa shape index (κ2) is 8.94. The van der Waals surface area contributed by atoms with Crippen molar-refractivity contribution in [1.82, 2.24) is 0 Å². The fourth-order valence-corrected chi connectivity index (χ4v) is 0. The van der Waals surface area contributed by atoms with Gasteiger partial charge in [-0.2, -0.15) is 0 Å². The molecule has 8 heavy (non-hydrogen) atoms. The number of rotatable bonds is 0. The predicted octanol–water partition coefficient (Wildman–Crippen LogP) is -4.18. The van der Waals surface area contributed by atoms with Gasteiger partial charge in [-0.1, -0.05) is 0 Å². The van der Waals surface area contributed by atoms with E-state index in [-0.39, 0.29) is 59.0 Å². The molecule has 0 aromatic rings. The van der Waals surface area contributed by atoms with Crippen LogP contribution in [-0.2, 0) is 17.1 Å². The van der Waals surface area contributed by atoms with Crippen molar-refractivity contribution in [3.63, 3.8) is 0 Å². The first kappa shape index (κ1) is 22.5. The molecule has 4 N–H and O–H groups in total. The Hall–Kier alpha value is 1.94. The monoisotopic (exact) mass is 185 g/mol. The molecule has 45 valence electrons. The zero-order chi connectivity index (χ0) is 4.50. The van der Waals surface area contributed by atoms with Gasteiger partial charge < -0.3 is 19.2 Å². The molecule has 8 heteroatoms. The van der Waals surface area contributed by atoms with Gasteiger partial charge in [0.25, 0.3) is 0 Å². The third-order valence-electron chi connectivity index (χ3n) is 0. The van der Waals surface area contributed by atoms with Gasteiger partial charge in [0.05, 0.1) is 0 Å². The quantitative estimate of drug-likeness (QED) is 0.289. The third kappa shape index (κ3) is 102. The maximum Gasteiger partial charge on any atom is 0.316 e. The summed E-state index contributed by atoms with van der Waals surface area (Å²) in [7, 11) is -4.61. The van der Waals surface area contributed by atoms with Crippen molar-refractivity contribution in [3.8, 4) is 0 Å². The maximum atomic E-state index is 7.33. The van der Waals surface area contributed by atoms with E-state index in [0.29, 0.717) is 0 Å². The van der Waals surface area contributed by atoms with Crippen LogP contribution in [0.4, 0.5) is 0 Å². The van der Waals surface area contributed by atoms with Gasteiger partial charge in [0.15, 0.2) is 0 Å². The van der Waals surface area contributed by atoms with Crippen molar-refractivity contribution in [3.05, 3.63) is 0 Å². The van der Waals surface area contributed by atoms with Crippen LogP contribution in [0.3, 0.4) is 0 Å². The van der Waals surface area contributed by atoms with Crippen molar-refractivity contribution in [2.75, 3.05) is 0 Å². The Balaban J connectivity index is -0.0000000267. The molecule has 0 atom stereocenters. The zero-order valence-electron chi connectivity index (χ0n) is 2.67. The van der Waals surface area contributed by atoms with Crippen LogP contribution in [0.15, 0.2) is 0 Å². The van der Waals surface area contributed by atoms with Gasteiger partial charge in [-0.25, -0.2) is 0 Å². The minimum absolute atomic E-state index is 0. The Morgan fingerprint density at radius 3 is 0.875 bits per heavy atom. The van der Waals surface area contributed by atoms with E-state index in [4.69, 9.17) is 19.2 Å². The minimum Gasteiger partial charge on any atom is 0 e. The Kier molecular flexibility index (Phi) is 25.2. The summed E-state index contributed by atoms with van der Waals surface area (Å²) in [5.74, 6) is 0. The molecule has 0 saturated heterocycles. The average molecular weight is 185 g/mol. The van der Waals surface area contributed by atoms with E-state index in [9.17, 15) is 0 Å². The van der Waals surface area contributed by atoms with Crippen molar-refractivity contribution in [2.24, 2.45) is 0 Å². The van der Waals surface area contributed by atoms with Crippen molar-refractivity contribution in [1.29, 1.82) is 0 Å². The molecular formula is H7LiMgMnO4Si. The van der Waals surface area contributed by atoms with Crippen molar-refractivity contribution >= 4 is 51.0 Å². The normalized spacial score (nSPS) is 7.50. The molecule has 0 heterocycles. The molecule has 0 amide bonds. The van der Waals surface area contributed by atoms with Crippen LogP contribution in [-0.4, -0.2) is 70.1 Å². The summed E-state index contributed by atoms with van der Waals surface area (Å²) >= 11 is 0. The third-order valence-corrected chi connectivity index (χ3v) is 0. The van der Waals surface area contributed by atoms with Crippen LogP contribution < -0.4 is 0 Å². The average Bonchev–Trinajstić information content (AvgIpc) is 0.722. The van der Waals surface area contributed by atoms with E-state index in [1.165, 1.54) is 0 Å². The molecular weight excluding hydrogens is 178 g/mol. The minimum atomic E-state index is -4.61. The Morgan fingerprint density at radius 2 is 0.875 bits per heavy atom. The van der Waals surface area contributed by atoms with Crippen LogP contribution in [0.25, 0.3) is 0 Å². The van der Waals surface area contributed by atoms with Gasteiger partial charge in [0.2, 0.25) is 0 Å². The van der Waals surface area contributed by atoms with Gasteiger partial charge in [0, 0.05) is 17.1 Å². The molecule has 0 aliphatic rings. The van der Waals surface area contributed by atoms with E-state index in [2.05, 4.69) is 0 Å². The number of hydrogen-bond acceptors (Lipinski definition) is 4. The Labute approximate surface area is 86.6 Å². The molecule has 4 nitrogen and oxygen atoms in total. The Morgan fingerprint density at radius 1 is 0.875 bits per heavy atom. The van der Waals surface area contributed by atoms with Gasteiger partial charge >= 0.3 is 51.0 Å². The topological polar surface area (TPSA) is 80.9 Å². The van der Waals surface area contributed by atoms with Crippen molar-refractivity contribution < 1.29 is 36.3 Å². The molecule has 0 fully saturated rings. The summed E-state index contributed by atoms with van der Waals surface area (Å²) in [5.41, 5.74) is 0. The van der Waals surface area contributed by atoms with E-state index >= 15 is 0 Å². The van der Waals surface area contributed by atoms with Crippen LogP contribution in [0.1, 0.15) is 0 Å². The maximum absolute atomic E-state index is 7.33. The predicted molar refractivity (Wildman–Crippen MR) is 30.3 cm³/mol. The first-order chi connectivity index (χ1) is 2.00. The summed E-state index contributed by atoms with van der Waals surface area (Å²) in [6.07, 6.45) is 0. The van der Waals surface area contributed by atoms with E-state index in [1.54, 1.807) is 0 Å². The SMILES string of the molecule is O[Si](O)(O)O.[LiH].[MgH2].[Mn]. The summed E-state index contributed by atoms with van der Waals surface area (Å²) < 4.78 is 0.